The van der Waals surface area contributed by atoms with Crippen molar-refractivity contribution in [2.24, 2.45) is 0 Å². The van der Waals surface area contributed by atoms with Crippen molar-refractivity contribution in [2.45, 2.75) is 57.0 Å². The largest absolute Gasteiger partial charge is 0.310 e. The van der Waals surface area contributed by atoms with Gasteiger partial charge in [0.05, 0.1) is 18.8 Å². The summed E-state index contributed by atoms with van der Waals surface area (Å²) in [6, 6.07) is 10.7. The summed E-state index contributed by atoms with van der Waals surface area (Å²) in [6.45, 7) is 1.38. The zero-order valence-corrected chi connectivity index (χ0v) is 16.4. The number of carbonyl (C=O) groups excluding carboxylic acids is 1. The number of anilines is 1. The predicted molar refractivity (Wildman–Crippen MR) is 108 cm³/mol. The second-order valence-corrected chi connectivity index (χ2v) is 8.12. The Hall–Kier alpha value is -1.85. The molecule has 4 rings (SSSR count). The lowest BCUT2D eigenvalue weighted by Crippen LogP contribution is -2.38. The van der Waals surface area contributed by atoms with E-state index in [1.165, 1.54) is 12.8 Å². The molecule has 1 aromatic heterocycles. The number of halogens is 1. The molecular formula is C21H27ClN4O. The molecule has 1 amide bonds. The Kier molecular flexibility index (Phi) is 5.79. The van der Waals surface area contributed by atoms with E-state index in [1.807, 2.05) is 28.9 Å². The van der Waals surface area contributed by atoms with E-state index in [4.69, 9.17) is 11.6 Å². The molecule has 1 aliphatic carbocycles. The minimum atomic E-state index is 0.0424. The highest BCUT2D eigenvalue weighted by Crippen LogP contribution is 2.31. The van der Waals surface area contributed by atoms with Crippen LogP contribution in [0.4, 0.5) is 5.82 Å². The average molecular weight is 387 g/mol. The molecule has 1 N–H and O–H groups in total. The number of nitrogens with zero attached hydrogens (tertiary/aromatic N) is 3. The fourth-order valence-electron chi connectivity index (χ4n) is 4.47. The van der Waals surface area contributed by atoms with Crippen molar-refractivity contribution in [2.75, 3.05) is 18.4 Å². The van der Waals surface area contributed by atoms with Gasteiger partial charge in [0.1, 0.15) is 5.82 Å². The highest BCUT2D eigenvalue weighted by atomic mass is 35.5. The van der Waals surface area contributed by atoms with Crippen molar-refractivity contribution in [1.82, 2.24) is 14.7 Å². The summed E-state index contributed by atoms with van der Waals surface area (Å²) in [6.07, 6.45) is 9.70. The van der Waals surface area contributed by atoms with E-state index in [2.05, 4.69) is 21.4 Å². The summed E-state index contributed by atoms with van der Waals surface area (Å²) in [5.74, 6) is 0.870. The second-order valence-electron chi connectivity index (χ2n) is 7.71. The van der Waals surface area contributed by atoms with Gasteiger partial charge in [-0.1, -0.05) is 42.6 Å². The normalized spacial score (nSPS) is 21.0. The maximum atomic E-state index is 12.7. The third-order valence-electron chi connectivity index (χ3n) is 5.87. The SMILES string of the molecule is O=C(CN1CCCC1Cc1ccccc1Cl)Nc1ccnn1C1CCCC1. The van der Waals surface area contributed by atoms with Crippen LogP contribution in [0.2, 0.25) is 5.02 Å². The molecule has 2 heterocycles. The zero-order chi connectivity index (χ0) is 18.6. The summed E-state index contributed by atoms with van der Waals surface area (Å²) in [5.41, 5.74) is 1.16. The van der Waals surface area contributed by atoms with Crippen molar-refractivity contribution in [3.63, 3.8) is 0 Å². The lowest BCUT2D eigenvalue weighted by atomic mass is 10.0. The molecule has 2 aromatic rings. The Morgan fingerprint density at radius 3 is 2.78 bits per heavy atom. The average Bonchev–Trinajstić information content (AvgIpc) is 3.39. The fourth-order valence-corrected chi connectivity index (χ4v) is 4.69. The van der Waals surface area contributed by atoms with E-state index in [0.717, 1.165) is 55.1 Å². The van der Waals surface area contributed by atoms with Gasteiger partial charge in [-0.25, -0.2) is 4.68 Å². The van der Waals surface area contributed by atoms with Gasteiger partial charge < -0.3 is 5.32 Å². The minimum absolute atomic E-state index is 0.0424. The Labute approximate surface area is 165 Å². The summed E-state index contributed by atoms with van der Waals surface area (Å²) >= 11 is 6.32. The van der Waals surface area contributed by atoms with E-state index < -0.39 is 0 Å². The Morgan fingerprint density at radius 1 is 1.15 bits per heavy atom. The third-order valence-corrected chi connectivity index (χ3v) is 6.24. The third kappa shape index (κ3) is 4.36. The number of amides is 1. The summed E-state index contributed by atoms with van der Waals surface area (Å²) in [4.78, 5) is 15.0. The Bertz CT molecular complexity index is 784. The molecule has 1 saturated heterocycles. The first kappa shape index (κ1) is 18.5. The zero-order valence-electron chi connectivity index (χ0n) is 15.6. The molecule has 6 heteroatoms. The highest BCUT2D eigenvalue weighted by Gasteiger charge is 2.27. The quantitative estimate of drug-likeness (QED) is 0.805. The lowest BCUT2D eigenvalue weighted by Gasteiger charge is -2.24. The van der Waals surface area contributed by atoms with E-state index in [-0.39, 0.29) is 5.91 Å². The smallest absolute Gasteiger partial charge is 0.239 e. The first-order chi connectivity index (χ1) is 13.2. The minimum Gasteiger partial charge on any atom is -0.310 e. The van der Waals surface area contributed by atoms with Crippen LogP contribution in [0.1, 0.15) is 50.1 Å². The lowest BCUT2D eigenvalue weighted by molar-refractivity contribution is -0.117. The molecular weight excluding hydrogens is 360 g/mol. The summed E-state index contributed by atoms with van der Waals surface area (Å²) in [7, 11) is 0. The number of aromatic nitrogens is 2. The van der Waals surface area contributed by atoms with Crippen LogP contribution in [0.25, 0.3) is 0 Å². The summed E-state index contributed by atoms with van der Waals surface area (Å²) in [5, 5.41) is 8.34. The number of likely N-dealkylation sites (tertiary alicyclic amines) is 1. The highest BCUT2D eigenvalue weighted by molar-refractivity contribution is 6.31. The van der Waals surface area contributed by atoms with E-state index in [0.29, 0.717) is 18.6 Å². The second kappa shape index (κ2) is 8.44. The van der Waals surface area contributed by atoms with Gasteiger partial charge in [-0.3, -0.25) is 9.69 Å². The number of hydrogen-bond donors (Lipinski definition) is 1. The van der Waals surface area contributed by atoms with Crippen molar-refractivity contribution in [3.8, 4) is 0 Å². The maximum Gasteiger partial charge on any atom is 0.239 e. The molecule has 27 heavy (non-hydrogen) atoms. The first-order valence-corrected chi connectivity index (χ1v) is 10.4. The molecule has 0 bridgehead atoms. The number of hydrogen-bond acceptors (Lipinski definition) is 3. The van der Waals surface area contributed by atoms with Gasteiger partial charge in [0.25, 0.3) is 0 Å². The molecule has 2 fully saturated rings. The van der Waals surface area contributed by atoms with Crippen LogP contribution in [0.15, 0.2) is 36.5 Å². The summed E-state index contributed by atoms with van der Waals surface area (Å²) < 4.78 is 2.00. The van der Waals surface area contributed by atoms with E-state index >= 15 is 0 Å². The molecule has 1 aliphatic heterocycles. The van der Waals surface area contributed by atoms with E-state index in [9.17, 15) is 4.79 Å². The Morgan fingerprint density at radius 2 is 1.96 bits per heavy atom. The van der Waals surface area contributed by atoms with Gasteiger partial charge in [0.15, 0.2) is 0 Å². The predicted octanol–water partition coefficient (Wildman–Crippen LogP) is 4.30. The van der Waals surface area contributed by atoms with Crippen molar-refractivity contribution in [1.29, 1.82) is 0 Å². The van der Waals surface area contributed by atoms with Crippen molar-refractivity contribution >= 4 is 23.3 Å². The standard InChI is InChI=1S/C21H27ClN4O/c22-19-10-4-1-6-16(19)14-18-9-5-13-25(18)15-21(27)24-20-11-12-23-26(20)17-7-2-3-8-17/h1,4,6,10-12,17-18H,2-3,5,7-9,13-15H2,(H,24,27). The Balaban J connectivity index is 1.36. The number of nitrogens with one attached hydrogen (secondary N) is 1. The maximum absolute atomic E-state index is 12.7. The number of benzene rings is 1. The van der Waals surface area contributed by atoms with Gasteiger partial charge in [-0.15, -0.1) is 0 Å². The number of carbonyl (C=O) groups is 1. The van der Waals surface area contributed by atoms with Gasteiger partial charge in [-0.05, 0) is 50.3 Å². The van der Waals surface area contributed by atoms with Crippen LogP contribution in [0.3, 0.4) is 0 Å². The first-order valence-electron chi connectivity index (χ1n) is 10.0. The van der Waals surface area contributed by atoms with Crippen LogP contribution in [-0.2, 0) is 11.2 Å². The van der Waals surface area contributed by atoms with Crippen LogP contribution in [0.5, 0.6) is 0 Å². The van der Waals surface area contributed by atoms with Gasteiger partial charge in [-0.2, -0.15) is 5.10 Å². The molecule has 2 aliphatic rings. The molecule has 1 atom stereocenters. The van der Waals surface area contributed by atoms with Crippen LogP contribution < -0.4 is 5.32 Å². The van der Waals surface area contributed by atoms with Gasteiger partial charge >= 0.3 is 0 Å². The number of rotatable bonds is 6. The molecule has 144 valence electrons. The topological polar surface area (TPSA) is 50.2 Å². The molecule has 0 radical (unpaired) electrons. The van der Waals surface area contributed by atoms with Gasteiger partial charge in [0.2, 0.25) is 5.91 Å². The molecule has 1 saturated carbocycles. The van der Waals surface area contributed by atoms with Crippen LogP contribution in [-0.4, -0.2) is 39.7 Å². The molecule has 1 unspecified atom stereocenters. The monoisotopic (exact) mass is 386 g/mol. The van der Waals surface area contributed by atoms with Gasteiger partial charge in [0, 0.05) is 17.1 Å². The molecule has 1 aromatic carbocycles. The van der Waals surface area contributed by atoms with Crippen molar-refractivity contribution in [3.05, 3.63) is 47.1 Å². The van der Waals surface area contributed by atoms with Crippen LogP contribution in [0, 0.1) is 0 Å². The van der Waals surface area contributed by atoms with E-state index in [1.54, 1.807) is 6.20 Å². The fraction of sp³-hybridized carbons (Fsp3) is 0.524. The molecule has 5 nitrogen and oxygen atoms in total. The molecule has 0 spiro atoms. The van der Waals surface area contributed by atoms with Crippen molar-refractivity contribution < 1.29 is 4.79 Å². The van der Waals surface area contributed by atoms with Crippen LogP contribution >= 0.6 is 11.6 Å².